The topological polar surface area (TPSA) is 72.6 Å². The van der Waals surface area contributed by atoms with Crippen molar-refractivity contribution < 1.29 is 13.2 Å². The van der Waals surface area contributed by atoms with E-state index in [0.29, 0.717) is 30.3 Å². The van der Waals surface area contributed by atoms with Gasteiger partial charge in [0.25, 0.3) is 0 Å². The molecular weight excluding hydrogens is 323 g/mol. The maximum atomic E-state index is 12.7. The third-order valence-corrected chi connectivity index (χ3v) is 6.20. The van der Waals surface area contributed by atoms with Crippen molar-refractivity contribution in [2.45, 2.75) is 24.4 Å². The van der Waals surface area contributed by atoms with Crippen molar-refractivity contribution in [3.8, 4) is 0 Å². The van der Waals surface area contributed by atoms with E-state index in [9.17, 15) is 8.42 Å². The fourth-order valence-corrected chi connectivity index (χ4v) is 4.67. The van der Waals surface area contributed by atoms with Gasteiger partial charge in [0.05, 0.1) is 18.2 Å². The van der Waals surface area contributed by atoms with Crippen molar-refractivity contribution in [1.29, 1.82) is 0 Å². The van der Waals surface area contributed by atoms with E-state index in [2.05, 4.69) is 0 Å². The van der Waals surface area contributed by atoms with Crippen LogP contribution < -0.4 is 5.73 Å². The molecule has 1 aliphatic rings. The quantitative estimate of drug-likeness (QED) is 0.912. The molecule has 112 valence electrons. The van der Waals surface area contributed by atoms with Gasteiger partial charge in [-0.05, 0) is 19.1 Å². The maximum Gasteiger partial charge on any atom is 0.244 e. The SMILES string of the molecule is CC1COCCN1S(=O)(=O)c1ccc(Cl)c(CN)c1Cl. The van der Waals surface area contributed by atoms with Gasteiger partial charge in [-0.2, -0.15) is 4.31 Å². The summed E-state index contributed by atoms with van der Waals surface area (Å²) < 4.78 is 32.1. The Morgan fingerprint density at radius 1 is 1.45 bits per heavy atom. The Morgan fingerprint density at radius 3 is 2.75 bits per heavy atom. The molecule has 0 aromatic heterocycles. The van der Waals surface area contributed by atoms with Crippen LogP contribution in [0, 0.1) is 0 Å². The zero-order valence-electron chi connectivity index (χ0n) is 11.0. The van der Waals surface area contributed by atoms with E-state index in [1.807, 2.05) is 0 Å². The van der Waals surface area contributed by atoms with Gasteiger partial charge < -0.3 is 10.5 Å². The molecule has 5 nitrogen and oxygen atoms in total. The van der Waals surface area contributed by atoms with Crippen LogP contribution in [-0.4, -0.2) is 38.5 Å². The first-order chi connectivity index (χ1) is 9.39. The van der Waals surface area contributed by atoms with Gasteiger partial charge in [-0.3, -0.25) is 0 Å². The van der Waals surface area contributed by atoms with Gasteiger partial charge in [-0.1, -0.05) is 23.2 Å². The summed E-state index contributed by atoms with van der Waals surface area (Å²) in [4.78, 5) is 0.0396. The number of nitrogens with zero attached hydrogens (tertiary/aromatic N) is 1. The van der Waals surface area contributed by atoms with E-state index in [1.165, 1.54) is 16.4 Å². The Balaban J connectivity index is 2.49. The Bertz CT molecular complexity index is 607. The van der Waals surface area contributed by atoms with E-state index in [1.54, 1.807) is 6.92 Å². The number of morpholine rings is 1. The fraction of sp³-hybridized carbons (Fsp3) is 0.500. The Kier molecular flexibility index (Phi) is 4.94. The van der Waals surface area contributed by atoms with Gasteiger partial charge in [0.2, 0.25) is 10.0 Å². The Morgan fingerprint density at radius 2 is 2.15 bits per heavy atom. The molecule has 0 amide bonds. The van der Waals surface area contributed by atoms with E-state index < -0.39 is 10.0 Å². The van der Waals surface area contributed by atoms with Gasteiger partial charge >= 0.3 is 0 Å². The van der Waals surface area contributed by atoms with Crippen molar-refractivity contribution in [2.24, 2.45) is 5.73 Å². The molecule has 1 fully saturated rings. The molecule has 1 heterocycles. The third kappa shape index (κ3) is 2.81. The molecule has 2 rings (SSSR count). The molecule has 0 bridgehead atoms. The molecule has 1 saturated heterocycles. The molecule has 1 unspecified atom stereocenters. The van der Waals surface area contributed by atoms with E-state index in [4.69, 9.17) is 33.7 Å². The van der Waals surface area contributed by atoms with Crippen LogP contribution in [0.15, 0.2) is 17.0 Å². The standard InChI is InChI=1S/C12H16Cl2N2O3S/c1-8-7-19-5-4-16(8)20(17,18)11-3-2-10(13)9(6-15)12(11)14/h2-3,8H,4-7,15H2,1H3. The second kappa shape index (κ2) is 6.17. The lowest BCUT2D eigenvalue weighted by Crippen LogP contribution is -2.47. The minimum Gasteiger partial charge on any atom is -0.378 e. The number of hydrogen-bond donors (Lipinski definition) is 1. The van der Waals surface area contributed by atoms with Crippen LogP contribution >= 0.6 is 23.2 Å². The summed E-state index contributed by atoms with van der Waals surface area (Å²) in [6.07, 6.45) is 0. The van der Waals surface area contributed by atoms with Gasteiger partial charge in [0, 0.05) is 29.7 Å². The van der Waals surface area contributed by atoms with Crippen molar-refractivity contribution in [3.05, 3.63) is 27.7 Å². The first kappa shape index (κ1) is 16.0. The summed E-state index contributed by atoms with van der Waals surface area (Å²) in [5.41, 5.74) is 6.01. The lowest BCUT2D eigenvalue weighted by Gasteiger charge is -2.32. The fourth-order valence-electron chi connectivity index (χ4n) is 2.16. The van der Waals surface area contributed by atoms with E-state index in [0.717, 1.165) is 0 Å². The number of nitrogens with two attached hydrogens (primary N) is 1. The van der Waals surface area contributed by atoms with Crippen LogP contribution in [-0.2, 0) is 21.3 Å². The number of hydrogen-bond acceptors (Lipinski definition) is 4. The summed E-state index contributed by atoms with van der Waals surface area (Å²) in [5, 5.41) is 0.463. The monoisotopic (exact) mass is 338 g/mol. The summed E-state index contributed by atoms with van der Waals surface area (Å²) in [5.74, 6) is 0. The number of sulfonamides is 1. The van der Waals surface area contributed by atoms with Crippen LogP contribution in [0.4, 0.5) is 0 Å². The lowest BCUT2D eigenvalue weighted by molar-refractivity contribution is 0.0393. The molecule has 0 spiro atoms. The van der Waals surface area contributed by atoms with Crippen LogP contribution in [0.1, 0.15) is 12.5 Å². The number of rotatable bonds is 3. The number of benzene rings is 1. The van der Waals surface area contributed by atoms with Gasteiger partial charge in [0.15, 0.2) is 0 Å². The molecular formula is C12H16Cl2N2O3S. The molecule has 8 heteroatoms. The first-order valence-electron chi connectivity index (χ1n) is 6.16. The smallest absolute Gasteiger partial charge is 0.244 e. The lowest BCUT2D eigenvalue weighted by atomic mass is 10.2. The highest BCUT2D eigenvalue weighted by molar-refractivity contribution is 7.89. The largest absolute Gasteiger partial charge is 0.378 e. The predicted molar refractivity (Wildman–Crippen MR) is 78.5 cm³/mol. The van der Waals surface area contributed by atoms with Gasteiger partial charge in [0.1, 0.15) is 4.90 Å². The molecule has 1 atom stereocenters. The highest BCUT2D eigenvalue weighted by atomic mass is 35.5. The highest BCUT2D eigenvalue weighted by Gasteiger charge is 2.33. The van der Waals surface area contributed by atoms with Crippen LogP contribution in [0.2, 0.25) is 10.0 Å². The second-order valence-electron chi connectivity index (χ2n) is 4.58. The van der Waals surface area contributed by atoms with Crippen LogP contribution in [0.3, 0.4) is 0 Å². The van der Waals surface area contributed by atoms with Crippen molar-refractivity contribution in [3.63, 3.8) is 0 Å². The van der Waals surface area contributed by atoms with Gasteiger partial charge in [-0.15, -0.1) is 0 Å². The van der Waals surface area contributed by atoms with Crippen molar-refractivity contribution in [2.75, 3.05) is 19.8 Å². The average molecular weight is 339 g/mol. The van der Waals surface area contributed by atoms with Crippen LogP contribution in [0.25, 0.3) is 0 Å². The maximum absolute atomic E-state index is 12.7. The molecule has 0 radical (unpaired) electrons. The highest BCUT2D eigenvalue weighted by Crippen LogP contribution is 2.33. The number of halogens is 2. The Hall–Kier alpha value is -0.370. The summed E-state index contributed by atoms with van der Waals surface area (Å²) in [6.45, 7) is 2.93. The number of ether oxygens (including phenoxy) is 1. The minimum atomic E-state index is -3.68. The predicted octanol–water partition coefficient (Wildman–Crippen LogP) is 1.86. The molecule has 1 aromatic carbocycles. The van der Waals surface area contributed by atoms with Crippen molar-refractivity contribution >= 4 is 33.2 Å². The molecule has 0 saturated carbocycles. The summed E-state index contributed by atoms with van der Waals surface area (Å²) >= 11 is 12.1. The zero-order chi connectivity index (χ0) is 14.9. The van der Waals surface area contributed by atoms with Gasteiger partial charge in [-0.25, -0.2) is 8.42 Å². The zero-order valence-corrected chi connectivity index (χ0v) is 13.3. The third-order valence-electron chi connectivity index (χ3n) is 3.25. The normalized spacial score (nSPS) is 21.1. The van der Waals surface area contributed by atoms with Crippen molar-refractivity contribution in [1.82, 2.24) is 4.31 Å². The Labute approximate surface area is 128 Å². The second-order valence-corrected chi connectivity index (χ2v) is 7.23. The first-order valence-corrected chi connectivity index (χ1v) is 8.35. The molecule has 0 aliphatic carbocycles. The summed E-state index contributed by atoms with van der Waals surface area (Å²) in [7, 11) is -3.68. The molecule has 2 N–H and O–H groups in total. The average Bonchev–Trinajstić information content (AvgIpc) is 2.39. The molecule has 20 heavy (non-hydrogen) atoms. The van der Waals surface area contributed by atoms with E-state index in [-0.39, 0.29) is 22.5 Å². The molecule has 1 aromatic rings. The molecule has 1 aliphatic heterocycles. The summed E-state index contributed by atoms with van der Waals surface area (Å²) in [6, 6.07) is 2.69. The minimum absolute atomic E-state index is 0.0396. The van der Waals surface area contributed by atoms with E-state index >= 15 is 0 Å². The van der Waals surface area contributed by atoms with Crippen LogP contribution in [0.5, 0.6) is 0 Å².